The molecule has 0 saturated carbocycles. The van der Waals surface area contributed by atoms with Crippen LogP contribution in [0.1, 0.15) is 13.8 Å². The van der Waals surface area contributed by atoms with Crippen LogP contribution in [0, 0.1) is 11.8 Å². The molecule has 1 aromatic rings. The summed E-state index contributed by atoms with van der Waals surface area (Å²) in [6.07, 6.45) is 0. The highest BCUT2D eigenvalue weighted by Crippen LogP contribution is 2.28. The number of hydrogen-bond donors (Lipinski definition) is 1. The highest BCUT2D eigenvalue weighted by atomic mass is 32.2. The molecule has 0 aliphatic heterocycles. The van der Waals surface area contributed by atoms with E-state index in [1.54, 1.807) is 32.4 Å². The van der Waals surface area contributed by atoms with Gasteiger partial charge >= 0.3 is 0 Å². The van der Waals surface area contributed by atoms with Crippen molar-refractivity contribution in [3.05, 3.63) is 18.2 Å². The van der Waals surface area contributed by atoms with Crippen LogP contribution in [0.25, 0.3) is 0 Å². The molecule has 0 bridgehead atoms. The molecule has 0 aliphatic carbocycles. The van der Waals surface area contributed by atoms with E-state index in [-0.39, 0.29) is 24.2 Å². The lowest BCUT2D eigenvalue weighted by Crippen LogP contribution is -2.30. The van der Waals surface area contributed by atoms with Gasteiger partial charge in [0.15, 0.2) is 0 Å². The van der Waals surface area contributed by atoms with Crippen LogP contribution < -0.4 is 19.3 Å². The molecule has 120 valence electrons. The van der Waals surface area contributed by atoms with Gasteiger partial charge in [-0.25, -0.2) is 13.6 Å². The van der Waals surface area contributed by atoms with E-state index in [1.807, 2.05) is 13.8 Å². The molecule has 1 rings (SSSR count). The molecular weight excluding hydrogens is 294 g/mol. The molecule has 0 fully saturated rings. The molecule has 1 atom stereocenters. The van der Waals surface area contributed by atoms with Crippen LogP contribution in [-0.2, 0) is 10.0 Å². The molecule has 2 N–H and O–H groups in total. The predicted octanol–water partition coefficient (Wildman–Crippen LogP) is 1.64. The molecule has 1 unspecified atom stereocenters. The van der Waals surface area contributed by atoms with E-state index in [9.17, 15) is 8.42 Å². The number of primary sulfonamides is 1. The molecule has 6 nitrogen and oxygen atoms in total. The zero-order valence-corrected chi connectivity index (χ0v) is 13.6. The predicted molar refractivity (Wildman–Crippen MR) is 81.3 cm³/mol. The Morgan fingerprint density at radius 3 is 1.90 bits per heavy atom. The number of benzene rings is 1. The second kappa shape index (κ2) is 7.51. The first-order valence-electron chi connectivity index (χ1n) is 6.61. The summed E-state index contributed by atoms with van der Waals surface area (Å²) in [5, 5.41) is 5.11. The number of sulfonamides is 1. The van der Waals surface area contributed by atoms with Crippen LogP contribution in [0.15, 0.2) is 18.2 Å². The third kappa shape index (κ3) is 6.22. The Labute approximate surface area is 126 Å². The van der Waals surface area contributed by atoms with Gasteiger partial charge in [0.2, 0.25) is 10.0 Å². The Balaban J connectivity index is 2.80. The van der Waals surface area contributed by atoms with Crippen LogP contribution in [0.4, 0.5) is 0 Å². The van der Waals surface area contributed by atoms with E-state index in [4.69, 9.17) is 19.3 Å². The van der Waals surface area contributed by atoms with Crippen molar-refractivity contribution in [2.75, 3.05) is 26.6 Å². The van der Waals surface area contributed by atoms with Crippen LogP contribution in [0.2, 0.25) is 0 Å². The van der Waals surface area contributed by atoms with Crippen LogP contribution >= 0.6 is 0 Å². The maximum Gasteiger partial charge on any atom is 0.209 e. The van der Waals surface area contributed by atoms with Gasteiger partial charge in [-0.15, -0.1) is 0 Å². The molecule has 0 spiro atoms. The van der Waals surface area contributed by atoms with Gasteiger partial charge in [0.1, 0.15) is 17.2 Å². The summed E-state index contributed by atoms with van der Waals surface area (Å²) in [6.45, 7) is 4.13. The quantitative estimate of drug-likeness (QED) is 0.787. The zero-order chi connectivity index (χ0) is 16.0. The van der Waals surface area contributed by atoms with Crippen molar-refractivity contribution in [1.82, 2.24) is 0 Å². The van der Waals surface area contributed by atoms with Crippen molar-refractivity contribution in [3.63, 3.8) is 0 Å². The summed E-state index contributed by atoms with van der Waals surface area (Å²) < 4.78 is 38.5. The van der Waals surface area contributed by atoms with Gasteiger partial charge in [-0.2, -0.15) is 0 Å². The Hall–Kier alpha value is -1.47. The second-order valence-electron chi connectivity index (χ2n) is 5.19. The van der Waals surface area contributed by atoms with Crippen molar-refractivity contribution in [2.45, 2.75) is 13.8 Å². The summed E-state index contributed by atoms with van der Waals surface area (Å²) >= 11 is 0. The maximum absolute atomic E-state index is 11.2. The lowest BCUT2D eigenvalue weighted by Gasteiger charge is -2.20. The molecule has 0 radical (unpaired) electrons. The number of ether oxygens (including phenoxy) is 3. The molecule has 7 heteroatoms. The average Bonchev–Trinajstić information content (AvgIpc) is 2.41. The normalized spacial score (nSPS) is 13.0. The molecule has 0 amide bonds. The van der Waals surface area contributed by atoms with E-state index in [2.05, 4.69) is 0 Å². The number of nitrogens with two attached hydrogens (primary N) is 1. The molecule has 0 aromatic heterocycles. The molecule has 0 heterocycles. The molecule has 0 saturated heterocycles. The number of methoxy groups -OCH3 is 2. The van der Waals surface area contributed by atoms with Crippen molar-refractivity contribution in [1.29, 1.82) is 0 Å². The van der Waals surface area contributed by atoms with E-state index in [0.29, 0.717) is 17.2 Å². The monoisotopic (exact) mass is 317 g/mol. The van der Waals surface area contributed by atoms with Crippen molar-refractivity contribution in [3.8, 4) is 17.2 Å². The molecule has 1 aromatic carbocycles. The third-order valence-corrected chi connectivity index (χ3v) is 4.07. The van der Waals surface area contributed by atoms with Crippen LogP contribution in [0.5, 0.6) is 17.2 Å². The van der Waals surface area contributed by atoms with Gasteiger partial charge in [0.25, 0.3) is 0 Å². The van der Waals surface area contributed by atoms with E-state index in [1.165, 1.54) is 0 Å². The Morgan fingerprint density at radius 2 is 1.52 bits per heavy atom. The minimum Gasteiger partial charge on any atom is -0.496 e. The van der Waals surface area contributed by atoms with E-state index in [0.717, 1.165) is 0 Å². The average molecular weight is 317 g/mol. The first kappa shape index (κ1) is 17.6. The summed E-state index contributed by atoms with van der Waals surface area (Å²) in [4.78, 5) is 0. The minimum atomic E-state index is -3.53. The Morgan fingerprint density at radius 1 is 1.05 bits per heavy atom. The largest absolute Gasteiger partial charge is 0.496 e. The van der Waals surface area contributed by atoms with Gasteiger partial charge in [-0.3, -0.25) is 0 Å². The van der Waals surface area contributed by atoms with Gasteiger partial charge in [-0.1, -0.05) is 13.8 Å². The van der Waals surface area contributed by atoms with Gasteiger partial charge < -0.3 is 14.2 Å². The van der Waals surface area contributed by atoms with Gasteiger partial charge in [0, 0.05) is 24.1 Å². The highest BCUT2D eigenvalue weighted by Gasteiger charge is 2.20. The number of rotatable bonds is 8. The lowest BCUT2D eigenvalue weighted by molar-refractivity contribution is 0.223. The van der Waals surface area contributed by atoms with E-state index >= 15 is 0 Å². The first-order chi connectivity index (χ1) is 9.75. The van der Waals surface area contributed by atoms with Crippen LogP contribution in [-0.4, -0.2) is 35.0 Å². The summed E-state index contributed by atoms with van der Waals surface area (Å²) in [6, 6.07) is 5.17. The fourth-order valence-corrected chi connectivity index (χ4v) is 2.88. The Kier molecular flexibility index (Phi) is 6.29. The van der Waals surface area contributed by atoms with Gasteiger partial charge in [0.05, 0.1) is 26.6 Å². The first-order valence-corrected chi connectivity index (χ1v) is 8.33. The summed E-state index contributed by atoms with van der Waals surface area (Å²) in [7, 11) is -0.424. The molecular formula is C14H23NO5S. The second-order valence-corrected chi connectivity index (χ2v) is 6.85. The van der Waals surface area contributed by atoms with E-state index < -0.39 is 10.0 Å². The Bertz CT molecular complexity index is 534. The highest BCUT2D eigenvalue weighted by molar-refractivity contribution is 7.89. The van der Waals surface area contributed by atoms with Crippen LogP contribution in [0.3, 0.4) is 0 Å². The van der Waals surface area contributed by atoms with Gasteiger partial charge in [-0.05, 0) is 5.92 Å². The maximum atomic E-state index is 11.2. The summed E-state index contributed by atoms with van der Waals surface area (Å²) in [5.74, 6) is 1.62. The fraction of sp³-hybridized carbons (Fsp3) is 0.571. The SMILES string of the molecule is COc1cc(OC)cc(OCC(CS(N)(=O)=O)C(C)C)c1. The fourth-order valence-electron chi connectivity index (χ4n) is 1.80. The molecule has 0 aliphatic rings. The standard InChI is InChI=1S/C14H23NO5S/c1-10(2)11(9-21(15,16)17)8-20-14-6-12(18-3)5-13(7-14)19-4/h5-7,10-11H,8-9H2,1-4H3,(H2,15,16,17). The molecule has 21 heavy (non-hydrogen) atoms. The van der Waals surface area contributed by atoms with Crippen molar-refractivity contribution in [2.24, 2.45) is 17.0 Å². The van der Waals surface area contributed by atoms with Crippen molar-refractivity contribution < 1.29 is 22.6 Å². The van der Waals surface area contributed by atoms with Crippen molar-refractivity contribution >= 4 is 10.0 Å². The zero-order valence-electron chi connectivity index (χ0n) is 12.8. The minimum absolute atomic E-state index is 0.105. The number of hydrogen-bond acceptors (Lipinski definition) is 5. The third-order valence-electron chi connectivity index (χ3n) is 3.18. The summed E-state index contributed by atoms with van der Waals surface area (Å²) in [5.41, 5.74) is 0. The lowest BCUT2D eigenvalue weighted by atomic mass is 9.99. The topological polar surface area (TPSA) is 87.8 Å². The smallest absolute Gasteiger partial charge is 0.209 e.